The van der Waals surface area contributed by atoms with Crippen molar-refractivity contribution in [1.29, 1.82) is 0 Å². The van der Waals surface area contributed by atoms with Crippen molar-refractivity contribution in [2.75, 3.05) is 11.4 Å². The van der Waals surface area contributed by atoms with Crippen LogP contribution in [0, 0.1) is 24.0 Å². The first-order valence-corrected chi connectivity index (χ1v) is 8.40. The molecule has 1 amide bonds. The Bertz CT molecular complexity index is 988. The fourth-order valence-corrected chi connectivity index (χ4v) is 3.24. The molecule has 0 saturated carbocycles. The smallest absolute Gasteiger partial charge is 0.310 e. The zero-order chi connectivity index (χ0) is 18.8. The van der Waals surface area contributed by atoms with Crippen molar-refractivity contribution >= 4 is 28.1 Å². The van der Waals surface area contributed by atoms with Gasteiger partial charge in [0.05, 0.1) is 10.6 Å². The summed E-state index contributed by atoms with van der Waals surface area (Å²) in [5.74, 6) is -0.163. The number of carbonyl (C=O) groups is 1. The monoisotopic (exact) mass is 352 g/mol. The molecule has 134 valence electrons. The number of anilines is 1. The second-order valence-electron chi connectivity index (χ2n) is 6.07. The van der Waals surface area contributed by atoms with Crippen molar-refractivity contribution in [3.63, 3.8) is 0 Å². The van der Waals surface area contributed by atoms with Gasteiger partial charge >= 0.3 is 5.69 Å². The molecular formula is C19H20N4O3. The molecule has 0 N–H and O–H groups in total. The molecule has 7 heteroatoms. The Morgan fingerprint density at radius 2 is 1.88 bits per heavy atom. The van der Waals surface area contributed by atoms with E-state index in [-0.39, 0.29) is 18.1 Å². The summed E-state index contributed by atoms with van der Waals surface area (Å²) in [5, 5.41) is 17.4. The molecule has 1 heterocycles. The molecule has 7 nitrogen and oxygen atoms in total. The maximum absolute atomic E-state index is 12.9. The van der Waals surface area contributed by atoms with E-state index in [4.69, 9.17) is 0 Å². The second kappa shape index (κ2) is 6.95. The third-order valence-corrected chi connectivity index (χ3v) is 4.49. The molecule has 0 fully saturated rings. The van der Waals surface area contributed by atoms with Crippen molar-refractivity contribution in [2.45, 2.75) is 27.3 Å². The summed E-state index contributed by atoms with van der Waals surface area (Å²) in [5.41, 5.74) is 1.49. The van der Waals surface area contributed by atoms with Gasteiger partial charge < -0.3 is 4.90 Å². The van der Waals surface area contributed by atoms with Gasteiger partial charge in [-0.15, -0.1) is 0 Å². The molecule has 3 aromatic rings. The molecule has 0 aliphatic heterocycles. The van der Waals surface area contributed by atoms with Gasteiger partial charge in [-0.1, -0.05) is 36.4 Å². The van der Waals surface area contributed by atoms with Crippen LogP contribution in [-0.2, 0) is 11.3 Å². The van der Waals surface area contributed by atoms with E-state index in [1.807, 2.05) is 49.4 Å². The van der Waals surface area contributed by atoms with Crippen LogP contribution < -0.4 is 4.90 Å². The third kappa shape index (κ3) is 3.03. The Morgan fingerprint density at radius 1 is 1.19 bits per heavy atom. The Labute approximate surface area is 151 Å². The first kappa shape index (κ1) is 17.6. The Kier molecular flexibility index (Phi) is 4.71. The summed E-state index contributed by atoms with van der Waals surface area (Å²) >= 11 is 0. The lowest BCUT2D eigenvalue weighted by atomic mass is 10.1. The van der Waals surface area contributed by atoms with E-state index in [1.54, 1.807) is 18.7 Å². The van der Waals surface area contributed by atoms with Crippen molar-refractivity contribution < 1.29 is 9.72 Å². The van der Waals surface area contributed by atoms with E-state index < -0.39 is 4.92 Å². The number of hydrogen-bond acceptors (Lipinski definition) is 4. The van der Waals surface area contributed by atoms with Crippen LogP contribution in [0.1, 0.15) is 18.3 Å². The van der Waals surface area contributed by atoms with E-state index >= 15 is 0 Å². The fourth-order valence-electron chi connectivity index (χ4n) is 3.24. The number of carbonyl (C=O) groups excluding carboxylic acids is 1. The number of nitro groups is 1. The zero-order valence-electron chi connectivity index (χ0n) is 15.0. The summed E-state index contributed by atoms with van der Waals surface area (Å²) in [6, 6.07) is 13.7. The van der Waals surface area contributed by atoms with E-state index in [9.17, 15) is 14.9 Å². The quantitative estimate of drug-likeness (QED) is 0.519. The number of benzene rings is 2. The summed E-state index contributed by atoms with van der Waals surface area (Å²) in [4.78, 5) is 25.3. The van der Waals surface area contributed by atoms with Crippen molar-refractivity contribution in [1.82, 2.24) is 9.78 Å². The van der Waals surface area contributed by atoms with E-state index in [2.05, 4.69) is 5.10 Å². The number of fused-ring (bicyclic) bond motifs is 1. The summed E-state index contributed by atoms with van der Waals surface area (Å²) in [7, 11) is 0. The van der Waals surface area contributed by atoms with Crippen LogP contribution in [0.2, 0.25) is 0 Å². The van der Waals surface area contributed by atoms with Gasteiger partial charge in [-0.25, -0.2) is 0 Å². The molecule has 3 rings (SSSR count). The summed E-state index contributed by atoms with van der Waals surface area (Å²) < 4.78 is 1.41. The standard InChI is InChI=1S/C19H20N4O3/c1-4-21(17-11-7-9-15-8-5-6-10-16(15)17)18(24)12-22-14(3)19(23(25)26)13(2)20-22/h5-11H,4,12H2,1-3H3. The summed E-state index contributed by atoms with van der Waals surface area (Å²) in [6.45, 7) is 5.54. The van der Waals surface area contributed by atoms with Gasteiger partial charge in [-0.3, -0.25) is 19.6 Å². The van der Waals surface area contributed by atoms with Gasteiger partial charge in [0.2, 0.25) is 5.91 Å². The Morgan fingerprint density at radius 3 is 2.54 bits per heavy atom. The first-order chi connectivity index (χ1) is 12.4. The zero-order valence-corrected chi connectivity index (χ0v) is 15.0. The van der Waals surface area contributed by atoms with Crippen LogP contribution in [0.15, 0.2) is 42.5 Å². The minimum atomic E-state index is -0.457. The number of rotatable bonds is 5. The molecule has 26 heavy (non-hydrogen) atoms. The van der Waals surface area contributed by atoms with Crippen LogP contribution in [0.5, 0.6) is 0 Å². The molecule has 1 aromatic heterocycles. The lowest BCUT2D eigenvalue weighted by Crippen LogP contribution is -2.34. The van der Waals surface area contributed by atoms with Gasteiger partial charge in [0.15, 0.2) is 0 Å². The lowest BCUT2D eigenvalue weighted by molar-refractivity contribution is -0.386. The number of aryl methyl sites for hydroxylation is 1. The van der Waals surface area contributed by atoms with E-state index in [0.29, 0.717) is 17.9 Å². The minimum absolute atomic E-state index is 0.0361. The minimum Gasteiger partial charge on any atom is -0.310 e. The van der Waals surface area contributed by atoms with Crippen molar-refractivity contribution in [2.24, 2.45) is 0 Å². The van der Waals surface area contributed by atoms with Gasteiger partial charge in [-0.2, -0.15) is 5.10 Å². The lowest BCUT2D eigenvalue weighted by Gasteiger charge is -2.23. The molecule has 0 atom stereocenters. The highest BCUT2D eigenvalue weighted by molar-refractivity contribution is 6.03. The normalized spacial score (nSPS) is 10.9. The highest BCUT2D eigenvalue weighted by Crippen LogP contribution is 2.27. The number of hydrogen-bond donors (Lipinski definition) is 0. The summed E-state index contributed by atoms with van der Waals surface area (Å²) in [6.07, 6.45) is 0. The van der Waals surface area contributed by atoms with E-state index in [0.717, 1.165) is 16.5 Å². The number of amides is 1. The third-order valence-electron chi connectivity index (χ3n) is 4.49. The molecular weight excluding hydrogens is 332 g/mol. The van der Waals surface area contributed by atoms with Gasteiger partial charge in [0.25, 0.3) is 0 Å². The topological polar surface area (TPSA) is 81.3 Å². The predicted molar refractivity (Wildman–Crippen MR) is 100 cm³/mol. The SMILES string of the molecule is CCN(C(=O)Cn1nc(C)c([N+](=O)[O-])c1C)c1cccc2ccccc12. The maximum Gasteiger partial charge on any atom is 0.312 e. The van der Waals surface area contributed by atoms with Gasteiger partial charge in [0, 0.05) is 11.9 Å². The number of likely N-dealkylation sites (N-methyl/N-ethyl adjacent to an activating group) is 1. The van der Waals surface area contributed by atoms with Crippen LogP contribution in [0.3, 0.4) is 0 Å². The molecule has 0 radical (unpaired) electrons. The Hall–Kier alpha value is -3.22. The van der Waals surface area contributed by atoms with Crippen molar-refractivity contribution in [3.05, 3.63) is 64.0 Å². The Balaban J connectivity index is 1.95. The second-order valence-corrected chi connectivity index (χ2v) is 6.07. The number of nitrogens with zero attached hydrogens (tertiary/aromatic N) is 4. The van der Waals surface area contributed by atoms with Crippen LogP contribution >= 0.6 is 0 Å². The van der Waals surface area contributed by atoms with Crippen LogP contribution in [0.4, 0.5) is 11.4 Å². The van der Waals surface area contributed by atoms with E-state index in [1.165, 1.54) is 4.68 Å². The molecule has 0 spiro atoms. The van der Waals surface area contributed by atoms with Crippen LogP contribution in [0.25, 0.3) is 10.8 Å². The largest absolute Gasteiger partial charge is 0.312 e. The van der Waals surface area contributed by atoms with Gasteiger partial charge in [0.1, 0.15) is 17.9 Å². The fraction of sp³-hybridized carbons (Fsp3) is 0.263. The molecule has 0 saturated heterocycles. The van der Waals surface area contributed by atoms with Crippen molar-refractivity contribution in [3.8, 4) is 0 Å². The average Bonchev–Trinajstić information content (AvgIpc) is 2.89. The van der Waals surface area contributed by atoms with Crippen LogP contribution in [-0.4, -0.2) is 27.2 Å². The number of aromatic nitrogens is 2. The molecule has 0 unspecified atom stereocenters. The average molecular weight is 352 g/mol. The molecule has 2 aromatic carbocycles. The predicted octanol–water partition coefficient (Wildman–Crippen LogP) is 3.61. The highest BCUT2D eigenvalue weighted by atomic mass is 16.6. The first-order valence-electron chi connectivity index (χ1n) is 8.40. The molecule has 0 aliphatic carbocycles. The van der Waals surface area contributed by atoms with Gasteiger partial charge in [-0.05, 0) is 32.2 Å². The highest BCUT2D eigenvalue weighted by Gasteiger charge is 2.24. The maximum atomic E-state index is 12.9. The molecule has 0 bridgehead atoms. The molecule has 0 aliphatic rings.